The van der Waals surface area contributed by atoms with Gasteiger partial charge in [-0.3, -0.25) is 4.98 Å². The van der Waals surface area contributed by atoms with Crippen LogP contribution in [0.25, 0.3) is 82.2 Å². The standard InChI is InChI=1S/C38H23N3O2S/c1-2-11-37-31(8-1)40-38(44-37)26-13-15-27-29-21-25(35-9-5-19-42-35)14-17-32(29)41(33(27)23-26)34-22-24(30-7-3-4-18-39-30)12-16-28(34)36-10-6-20-43-36/h1-23H. The molecular formula is C38H23N3O2S. The third kappa shape index (κ3) is 4.00. The average molecular weight is 586 g/mol. The number of hydrogen-bond acceptors (Lipinski definition) is 5. The van der Waals surface area contributed by atoms with Gasteiger partial charge in [0.15, 0.2) is 0 Å². The predicted octanol–water partition coefficient (Wildman–Crippen LogP) is 10.6. The first-order chi connectivity index (χ1) is 21.8. The van der Waals surface area contributed by atoms with Gasteiger partial charge in [0.1, 0.15) is 16.5 Å². The lowest BCUT2D eigenvalue weighted by atomic mass is 10.0. The molecule has 0 aliphatic heterocycles. The lowest BCUT2D eigenvalue weighted by molar-refractivity contribution is 0.582. The summed E-state index contributed by atoms with van der Waals surface area (Å²) in [6.07, 6.45) is 5.26. The highest BCUT2D eigenvalue weighted by Gasteiger charge is 2.20. The maximum atomic E-state index is 5.97. The molecule has 0 aliphatic rings. The van der Waals surface area contributed by atoms with Gasteiger partial charge in [0, 0.05) is 39.2 Å². The highest BCUT2D eigenvalue weighted by molar-refractivity contribution is 7.21. The molecule has 44 heavy (non-hydrogen) atoms. The SMILES string of the molecule is c1ccc(-c2ccc(-c3ccco3)c(-n3c4ccc(-c5ccco5)cc4c4ccc(-c5nc6ccccc6s5)cc43)c2)nc1. The molecule has 5 heterocycles. The van der Waals surface area contributed by atoms with Crippen molar-refractivity contribution < 1.29 is 8.83 Å². The largest absolute Gasteiger partial charge is 0.464 e. The summed E-state index contributed by atoms with van der Waals surface area (Å²) in [5.74, 6) is 1.64. The van der Waals surface area contributed by atoms with Crippen LogP contribution < -0.4 is 0 Å². The van der Waals surface area contributed by atoms with Crippen molar-refractivity contribution in [2.75, 3.05) is 0 Å². The van der Waals surface area contributed by atoms with Crippen molar-refractivity contribution in [1.82, 2.24) is 14.5 Å². The lowest BCUT2D eigenvalue weighted by Crippen LogP contribution is -1.98. The second-order valence-electron chi connectivity index (χ2n) is 10.7. The molecular weight excluding hydrogens is 563 g/mol. The minimum absolute atomic E-state index is 0.803. The van der Waals surface area contributed by atoms with E-state index in [0.717, 1.165) is 77.5 Å². The zero-order valence-electron chi connectivity index (χ0n) is 23.3. The molecule has 208 valence electrons. The van der Waals surface area contributed by atoms with Gasteiger partial charge in [0.2, 0.25) is 0 Å². The molecule has 5 nitrogen and oxygen atoms in total. The predicted molar refractivity (Wildman–Crippen MR) is 178 cm³/mol. The number of aromatic nitrogens is 3. The monoisotopic (exact) mass is 585 g/mol. The van der Waals surface area contributed by atoms with E-state index in [1.807, 2.05) is 54.7 Å². The third-order valence-electron chi connectivity index (χ3n) is 8.10. The highest BCUT2D eigenvalue weighted by atomic mass is 32.1. The molecule has 0 radical (unpaired) electrons. The molecule has 0 atom stereocenters. The van der Waals surface area contributed by atoms with E-state index in [9.17, 15) is 0 Å². The van der Waals surface area contributed by atoms with Crippen molar-refractivity contribution in [1.29, 1.82) is 0 Å². The van der Waals surface area contributed by atoms with Crippen LogP contribution in [0.4, 0.5) is 0 Å². The highest BCUT2D eigenvalue weighted by Crippen LogP contribution is 2.41. The number of thiazole rings is 1. The molecule has 0 fully saturated rings. The quantitative estimate of drug-likeness (QED) is 0.202. The fourth-order valence-electron chi connectivity index (χ4n) is 6.05. The molecule has 0 unspecified atom stereocenters. The Hall–Kier alpha value is -5.72. The summed E-state index contributed by atoms with van der Waals surface area (Å²) < 4.78 is 15.3. The second-order valence-corrected chi connectivity index (χ2v) is 11.7. The van der Waals surface area contributed by atoms with Crippen molar-refractivity contribution in [3.63, 3.8) is 0 Å². The smallest absolute Gasteiger partial charge is 0.135 e. The maximum Gasteiger partial charge on any atom is 0.135 e. The molecule has 5 aromatic heterocycles. The number of nitrogens with zero attached hydrogens (tertiary/aromatic N) is 3. The van der Waals surface area contributed by atoms with Crippen LogP contribution in [0.1, 0.15) is 0 Å². The van der Waals surface area contributed by atoms with Crippen LogP contribution in [0.2, 0.25) is 0 Å². The number of fused-ring (bicyclic) bond motifs is 4. The van der Waals surface area contributed by atoms with Gasteiger partial charge in [-0.2, -0.15) is 0 Å². The van der Waals surface area contributed by atoms with Crippen LogP contribution in [0.5, 0.6) is 0 Å². The van der Waals surface area contributed by atoms with Crippen LogP contribution >= 0.6 is 11.3 Å². The topological polar surface area (TPSA) is 57.0 Å². The first-order valence-corrected chi connectivity index (χ1v) is 15.2. The van der Waals surface area contributed by atoms with Crippen LogP contribution in [-0.2, 0) is 0 Å². The summed E-state index contributed by atoms with van der Waals surface area (Å²) in [7, 11) is 0. The van der Waals surface area contributed by atoms with E-state index in [1.165, 1.54) is 4.70 Å². The summed E-state index contributed by atoms with van der Waals surface area (Å²) in [5, 5.41) is 3.28. The van der Waals surface area contributed by atoms with Crippen molar-refractivity contribution >= 4 is 43.4 Å². The average Bonchev–Trinajstić information content (AvgIpc) is 3.90. The lowest BCUT2D eigenvalue weighted by Gasteiger charge is -2.15. The fourth-order valence-corrected chi connectivity index (χ4v) is 7.02. The van der Waals surface area contributed by atoms with Crippen molar-refractivity contribution in [2.45, 2.75) is 0 Å². The number of hydrogen-bond donors (Lipinski definition) is 0. The summed E-state index contributed by atoms with van der Waals surface area (Å²) in [5.41, 5.74) is 9.24. The second kappa shape index (κ2) is 9.93. The van der Waals surface area contributed by atoms with Gasteiger partial charge in [-0.1, -0.05) is 36.4 Å². The molecule has 4 aromatic carbocycles. The molecule has 6 heteroatoms. The summed E-state index contributed by atoms with van der Waals surface area (Å²) in [4.78, 5) is 9.63. The van der Waals surface area contributed by atoms with Crippen molar-refractivity contribution in [3.8, 4) is 50.2 Å². The van der Waals surface area contributed by atoms with E-state index in [0.29, 0.717) is 0 Å². The minimum atomic E-state index is 0.803. The maximum absolute atomic E-state index is 5.97. The minimum Gasteiger partial charge on any atom is -0.464 e. The van der Waals surface area contributed by atoms with Crippen molar-refractivity contribution in [3.05, 3.63) is 140 Å². The first-order valence-electron chi connectivity index (χ1n) is 14.4. The summed E-state index contributed by atoms with van der Waals surface area (Å²) in [6, 6.07) is 41.8. The molecule has 0 saturated heterocycles. The Kier molecular flexibility index (Phi) is 5.61. The normalized spacial score (nSPS) is 11.6. The number of rotatable bonds is 5. The van der Waals surface area contributed by atoms with Crippen LogP contribution in [-0.4, -0.2) is 14.5 Å². The Balaban J connectivity index is 1.36. The summed E-state index contributed by atoms with van der Waals surface area (Å²) >= 11 is 1.71. The van der Waals surface area contributed by atoms with Gasteiger partial charge in [-0.25, -0.2) is 4.98 Å². The third-order valence-corrected chi connectivity index (χ3v) is 9.18. The molecule has 0 N–H and O–H groups in total. The molecule has 9 aromatic rings. The Morgan fingerprint density at radius 3 is 2.23 bits per heavy atom. The van der Waals surface area contributed by atoms with E-state index in [-0.39, 0.29) is 0 Å². The van der Waals surface area contributed by atoms with Gasteiger partial charge in [0.25, 0.3) is 0 Å². The number of pyridine rings is 1. The van der Waals surface area contributed by atoms with Gasteiger partial charge < -0.3 is 13.4 Å². The molecule has 0 saturated carbocycles. The Bertz CT molecular complexity index is 2400. The van der Waals surface area contributed by atoms with E-state index in [1.54, 1.807) is 23.9 Å². The van der Waals surface area contributed by atoms with Crippen LogP contribution in [0, 0.1) is 0 Å². The van der Waals surface area contributed by atoms with E-state index in [4.69, 9.17) is 13.8 Å². The zero-order valence-corrected chi connectivity index (χ0v) is 24.2. The Labute approximate surface area is 256 Å². The van der Waals surface area contributed by atoms with Crippen molar-refractivity contribution in [2.24, 2.45) is 0 Å². The zero-order chi connectivity index (χ0) is 29.0. The number of para-hydroxylation sites is 1. The van der Waals surface area contributed by atoms with Gasteiger partial charge >= 0.3 is 0 Å². The Morgan fingerprint density at radius 2 is 1.41 bits per heavy atom. The first kappa shape index (κ1) is 24.8. The number of furan rings is 2. The molecule has 0 bridgehead atoms. The van der Waals surface area contributed by atoms with E-state index in [2.05, 4.69) is 82.3 Å². The van der Waals surface area contributed by atoms with E-state index < -0.39 is 0 Å². The van der Waals surface area contributed by atoms with E-state index >= 15 is 0 Å². The van der Waals surface area contributed by atoms with Crippen LogP contribution in [0.3, 0.4) is 0 Å². The fraction of sp³-hybridized carbons (Fsp3) is 0. The van der Waals surface area contributed by atoms with Gasteiger partial charge in [-0.15, -0.1) is 11.3 Å². The molecule has 0 spiro atoms. The van der Waals surface area contributed by atoms with Crippen LogP contribution in [0.15, 0.2) is 149 Å². The summed E-state index contributed by atoms with van der Waals surface area (Å²) in [6.45, 7) is 0. The Morgan fingerprint density at radius 1 is 0.591 bits per heavy atom. The molecule has 0 amide bonds. The van der Waals surface area contributed by atoms with Gasteiger partial charge in [-0.05, 0) is 84.9 Å². The molecule has 0 aliphatic carbocycles. The number of benzene rings is 4. The molecule has 9 rings (SSSR count). The van der Waals surface area contributed by atoms with Gasteiger partial charge in [0.05, 0.1) is 45.2 Å².